The van der Waals surface area contributed by atoms with E-state index in [1.165, 1.54) is 12.0 Å². The number of hydrogen-bond donors (Lipinski definition) is 1. The minimum Gasteiger partial charge on any atom is -0.316 e. The summed E-state index contributed by atoms with van der Waals surface area (Å²) in [6.07, 6.45) is 3.20. The third-order valence-corrected chi connectivity index (χ3v) is 2.75. The van der Waals surface area contributed by atoms with Crippen molar-refractivity contribution in [2.75, 3.05) is 13.1 Å². The Morgan fingerprint density at radius 1 is 1.50 bits per heavy atom. The third kappa shape index (κ3) is 1.67. The molecule has 2 rings (SSSR count). The Labute approximate surface area is 80.5 Å². The van der Waals surface area contributed by atoms with Crippen molar-refractivity contribution in [2.45, 2.75) is 12.3 Å². The number of aromatic nitrogens is 1. The normalized spacial score (nSPS) is 22.9. The van der Waals surface area contributed by atoms with Crippen molar-refractivity contribution in [1.29, 1.82) is 0 Å². The molecule has 1 aromatic heterocycles. The van der Waals surface area contributed by atoms with Crippen LogP contribution in [0.1, 0.15) is 17.9 Å². The molecule has 0 amide bonds. The fraction of sp³-hybridized carbons (Fsp3) is 0.444. The van der Waals surface area contributed by atoms with Crippen molar-refractivity contribution in [3.8, 4) is 0 Å². The van der Waals surface area contributed by atoms with Gasteiger partial charge in [-0.25, -0.2) is 4.98 Å². The zero-order valence-corrected chi connectivity index (χ0v) is 8.34. The lowest BCUT2D eigenvalue weighted by molar-refractivity contribution is 0.758. The van der Waals surface area contributed by atoms with E-state index in [0.29, 0.717) is 5.92 Å². The van der Waals surface area contributed by atoms with Crippen molar-refractivity contribution >= 4 is 15.9 Å². The highest BCUT2D eigenvalue weighted by molar-refractivity contribution is 9.10. The Balaban J connectivity index is 2.17. The fourth-order valence-corrected chi connectivity index (χ4v) is 1.80. The summed E-state index contributed by atoms with van der Waals surface area (Å²) in [5.74, 6) is 0.672. The summed E-state index contributed by atoms with van der Waals surface area (Å²) in [5.41, 5.74) is 1.35. The number of pyridine rings is 1. The molecule has 1 saturated heterocycles. The van der Waals surface area contributed by atoms with Gasteiger partial charge >= 0.3 is 0 Å². The monoisotopic (exact) mass is 226 g/mol. The largest absolute Gasteiger partial charge is 0.316 e. The van der Waals surface area contributed by atoms with Crippen molar-refractivity contribution in [3.05, 3.63) is 28.5 Å². The summed E-state index contributed by atoms with van der Waals surface area (Å²) in [4.78, 5) is 4.21. The van der Waals surface area contributed by atoms with Crippen molar-refractivity contribution in [3.63, 3.8) is 0 Å². The molecule has 0 aliphatic carbocycles. The molecule has 0 saturated carbocycles. The molecule has 2 heterocycles. The first kappa shape index (κ1) is 8.20. The quantitative estimate of drug-likeness (QED) is 0.741. The van der Waals surface area contributed by atoms with E-state index in [9.17, 15) is 0 Å². The van der Waals surface area contributed by atoms with E-state index in [0.717, 1.165) is 17.7 Å². The molecule has 1 aliphatic rings. The topological polar surface area (TPSA) is 24.9 Å². The molecule has 1 aliphatic heterocycles. The van der Waals surface area contributed by atoms with Crippen molar-refractivity contribution < 1.29 is 0 Å². The van der Waals surface area contributed by atoms with Crippen LogP contribution in [0.4, 0.5) is 0 Å². The van der Waals surface area contributed by atoms with E-state index < -0.39 is 0 Å². The van der Waals surface area contributed by atoms with Crippen LogP contribution < -0.4 is 5.32 Å². The van der Waals surface area contributed by atoms with Crippen LogP contribution in [0.25, 0.3) is 0 Å². The second-order valence-corrected chi connectivity index (χ2v) is 3.92. The highest BCUT2D eigenvalue weighted by Crippen LogP contribution is 2.21. The lowest BCUT2D eigenvalue weighted by Crippen LogP contribution is -2.07. The van der Waals surface area contributed by atoms with Gasteiger partial charge in [-0.1, -0.05) is 6.07 Å². The molecule has 64 valence electrons. The molecule has 2 nitrogen and oxygen atoms in total. The first-order chi connectivity index (χ1) is 5.86. The second kappa shape index (κ2) is 3.54. The van der Waals surface area contributed by atoms with Crippen LogP contribution >= 0.6 is 15.9 Å². The molecule has 0 unspecified atom stereocenters. The van der Waals surface area contributed by atoms with Crippen LogP contribution in [-0.2, 0) is 0 Å². The predicted molar refractivity (Wildman–Crippen MR) is 52.2 cm³/mol. The molecule has 12 heavy (non-hydrogen) atoms. The Morgan fingerprint density at radius 3 is 3.00 bits per heavy atom. The zero-order valence-electron chi connectivity index (χ0n) is 6.76. The maximum absolute atomic E-state index is 4.21. The van der Waals surface area contributed by atoms with Crippen molar-refractivity contribution in [1.82, 2.24) is 10.3 Å². The first-order valence-corrected chi connectivity index (χ1v) is 4.98. The lowest BCUT2D eigenvalue weighted by Gasteiger charge is -2.06. The molecule has 0 bridgehead atoms. The van der Waals surface area contributed by atoms with E-state index in [1.807, 2.05) is 12.3 Å². The maximum atomic E-state index is 4.21. The first-order valence-electron chi connectivity index (χ1n) is 4.18. The smallest absolute Gasteiger partial charge is 0.106 e. The molecular weight excluding hydrogens is 216 g/mol. The average Bonchev–Trinajstić information content (AvgIpc) is 2.58. The fourth-order valence-electron chi connectivity index (χ4n) is 1.57. The van der Waals surface area contributed by atoms with E-state index in [-0.39, 0.29) is 0 Å². The predicted octanol–water partition coefficient (Wildman–Crippen LogP) is 1.92. The van der Waals surface area contributed by atoms with E-state index in [2.05, 4.69) is 32.3 Å². The molecule has 0 radical (unpaired) electrons. The van der Waals surface area contributed by atoms with Crippen LogP contribution in [0.3, 0.4) is 0 Å². The number of rotatable bonds is 1. The number of nitrogens with zero attached hydrogens (tertiary/aromatic N) is 1. The van der Waals surface area contributed by atoms with E-state index in [1.54, 1.807) is 0 Å². The van der Waals surface area contributed by atoms with E-state index >= 15 is 0 Å². The zero-order chi connectivity index (χ0) is 8.39. The highest BCUT2D eigenvalue weighted by atomic mass is 79.9. The Hall–Kier alpha value is -0.410. The molecule has 3 heteroatoms. The number of hydrogen-bond acceptors (Lipinski definition) is 2. The van der Waals surface area contributed by atoms with Gasteiger partial charge in [-0.2, -0.15) is 0 Å². The van der Waals surface area contributed by atoms with Gasteiger partial charge in [0.2, 0.25) is 0 Å². The SMILES string of the molecule is Brc1ccc([C@@H]2CCNC2)cn1. The highest BCUT2D eigenvalue weighted by Gasteiger charge is 2.16. The molecular formula is C9H11BrN2. The Morgan fingerprint density at radius 2 is 2.42 bits per heavy atom. The Kier molecular flexibility index (Phi) is 2.42. The van der Waals surface area contributed by atoms with Crippen LogP contribution in [0.15, 0.2) is 22.9 Å². The van der Waals surface area contributed by atoms with Gasteiger partial charge in [0.15, 0.2) is 0 Å². The second-order valence-electron chi connectivity index (χ2n) is 3.10. The Bertz CT molecular complexity index is 252. The minimum absolute atomic E-state index is 0.672. The summed E-state index contributed by atoms with van der Waals surface area (Å²) in [7, 11) is 0. The summed E-state index contributed by atoms with van der Waals surface area (Å²) in [6.45, 7) is 2.24. The van der Waals surface area contributed by atoms with Crippen LogP contribution in [-0.4, -0.2) is 18.1 Å². The third-order valence-electron chi connectivity index (χ3n) is 2.28. The lowest BCUT2D eigenvalue weighted by atomic mass is 10.0. The van der Waals surface area contributed by atoms with Gasteiger partial charge in [0.1, 0.15) is 4.60 Å². The molecule has 0 aromatic carbocycles. The molecule has 1 fully saturated rings. The van der Waals surface area contributed by atoms with Gasteiger partial charge in [-0.05, 0) is 46.4 Å². The van der Waals surface area contributed by atoms with Gasteiger partial charge in [-0.3, -0.25) is 0 Å². The summed E-state index contributed by atoms with van der Waals surface area (Å²) < 4.78 is 0.914. The maximum Gasteiger partial charge on any atom is 0.106 e. The van der Waals surface area contributed by atoms with Crippen LogP contribution in [0.2, 0.25) is 0 Å². The van der Waals surface area contributed by atoms with E-state index in [4.69, 9.17) is 0 Å². The van der Waals surface area contributed by atoms with Crippen molar-refractivity contribution in [2.24, 2.45) is 0 Å². The van der Waals surface area contributed by atoms with Crippen LogP contribution in [0.5, 0.6) is 0 Å². The standard InChI is InChI=1S/C9H11BrN2/c10-9-2-1-7(6-12-9)8-3-4-11-5-8/h1-2,6,8,11H,3-5H2/t8-/m1/s1. The average molecular weight is 227 g/mol. The molecule has 1 aromatic rings. The molecule has 1 atom stereocenters. The van der Waals surface area contributed by atoms with Gasteiger partial charge in [-0.15, -0.1) is 0 Å². The minimum atomic E-state index is 0.672. The number of halogens is 1. The summed E-state index contributed by atoms with van der Waals surface area (Å²) in [6, 6.07) is 4.16. The van der Waals surface area contributed by atoms with Gasteiger partial charge in [0, 0.05) is 12.7 Å². The number of nitrogens with one attached hydrogen (secondary N) is 1. The summed E-state index contributed by atoms with van der Waals surface area (Å²) >= 11 is 3.33. The molecule has 0 spiro atoms. The molecule has 1 N–H and O–H groups in total. The van der Waals surface area contributed by atoms with Gasteiger partial charge in [0.25, 0.3) is 0 Å². The van der Waals surface area contributed by atoms with Crippen LogP contribution in [0, 0.1) is 0 Å². The van der Waals surface area contributed by atoms with Gasteiger partial charge in [0.05, 0.1) is 0 Å². The summed E-state index contributed by atoms with van der Waals surface area (Å²) in [5, 5.41) is 3.35. The van der Waals surface area contributed by atoms with Gasteiger partial charge < -0.3 is 5.32 Å².